The van der Waals surface area contributed by atoms with Gasteiger partial charge in [0.05, 0.1) is 0 Å². The number of rotatable bonds is 4. The number of hydrogen-bond donors (Lipinski definition) is 1. The van der Waals surface area contributed by atoms with Gasteiger partial charge in [0.15, 0.2) is 0 Å². The lowest BCUT2D eigenvalue weighted by molar-refractivity contribution is -0.169. The normalized spacial score (nSPS) is 10.4. The molecular formula is C8H15F3INO. The van der Waals surface area contributed by atoms with E-state index in [-0.39, 0.29) is 0 Å². The third-order valence-corrected chi connectivity index (χ3v) is 2.03. The third kappa shape index (κ3) is 14.5. The summed E-state index contributed by atoms with van der Waals surface area (Å²) in [7, 11) is 0. The van der Waals surface area contributed by atoms with Crippen LogP contribution in [-0.2, 0) is 4.79 Å². The molecule has 2 nitrogen and oxygen atoms in total. The molecule has 0 atom stereocenters. The quantitative estimate of drug-likeness (QED) is 0.482. The third-order valence-electron chi connectivity index (χ3n) is 1.27. The van der Waals surface area contributed by atoms with Crippen molar-refractivity contribution in [1.29, 1.82) is 0 Å². The van der Waals surface area contributed by atoms with Gasteiger partial charge in [-0.3, -0.25) is 4.79 Å². The molecule has 0 rings (SSSR count). The van der Waals surface area contributed by atoms with Gasteiger partial charge in [-0.15, -0.1) is 0 Å². The van der Waals surface area contributed by atoms with Crippen LogP contribution in [0.5, 0.6) is 0 Å². The second-order valence-electron chi connectivity index (χ2n) is 2.61. The first kappa shape index (κ1) is 16.4. The summed E-state index contributed by atoms with van der Waals surface area (Å²) in [5.74, 6) is -2.26. The van der Waals surface area contributed by atoms with Gasteiger partial charge in [0.25, 0.3) is 0 Å². The van der Waals surface area contributed by atoms with Crippen molar-refractivity contribution in [3.8, 4) is 0 Å². The summed E-state index contributed by atoms with van der Waals surface area (Å²) in [6.07, 6.45) is 0.757. The van der Waals surface area contributed by atoms with E-state index in [1.165, 1.54) is 30.1 Å². The van der Waals surface area contributed by atoms with Crippen molar-refractivity contribution in [3.05, 3.63) is 0 Å². The monoisotopic (exact) mass is 325 g/mol. The SMILES string of the molecule is CCCCCCI.NC(=O)C(F)(F)F. The van der Waals surface area contributed by atoms with Crippen LogP contribution in [0.25, 0.3) is 0 Å². The smallest absolute Gasteiger partial charge is 0.362 e. The Kier molecular flexibility index (Phi) is 11.2. The van der Waals surface area contributed by atoms with E-state index in [1.54, 1.807) is 0 Å². The highest BCUT2D eigenvalue weighted by Gasteiger charge is 2.35. The highest BCUT2D eigenvalue weighted by atomic mass is 127. The lowest BCUT2D eigenvalue weighted by Gasteiger charge is -1.95. The molecule has 0 aromatic heterocycles. The number of hydrogen-bond acceptors (Lipinski definition) is 1. The second-order valence-corrected chi connectivity index (χ2v) is 3.69. The van der Waals surface area contributed by atoms with Gasteiger partial charge in [-0.25, -0.2) is 0 Å². The van der Waals surface area contributed by atoms with Crippen LogP contribution in [0.15, 0.2) is 0 Å². The molecule has 6 heteroatoms. The number of alkyl halides is 4. The van der Waals surface area contributed by atoms with Gasteiger partial charge in [0, 0.05) is 0 Å². The van der Waals surface area contributed by atoms with Gasteiger partial charge >= 0.3 is 12.1 Å². The molecule has 0 fully saturated rings. The van der Waals surface area contributed by atoms with Crippen molar-refractivity contribution in [2.24, 2.45) is 5.73 Å². The van der Waals surface area contributed by atoms with Gasteiger partial charge < -0.3 is 5.73 Å². The van der Waals surface area contributed by atoms with Crippen LogP contribution in [-0.4, -0.2) is 16.5 Å². The molecule has 0 saturated carbocycles. The molecule has 0 unspecified atom stereocenters. The number of amides is 1. The predicted octanol–water partition coefficient (Wildman–Crippen LogP) is 3.04. The minimum atomic E-state index is -4.86. The van der Waals surface area contributed by atoms with E-state index in [4.69, 9.17) is 4.79 Å². The largest absolute Gasteiger partial charge is 0.470 e. The number of halogens is 4. The maximum atomic E-state index is 10.7. The standard InChI is InChI=1S/C6H13I.C2H2F3NO/c1-2-3-4-5-6-7;3-2(4,5)1(6)7/h2-6H2,1H3;(H2,6,7). The fraction of sp³-hybridized carbons (Fsp3) is 0.875. The Morgan fingerprint density at radius 2 is 1.71 bits per heavy atom. The van der Waals surface area contributed by atoms with Crippen LogP contribution in [0, 0.1) is 0 Å². The van der Waals surface area contributed by atoms with E-state index in [0.717, 1.165) is 0 Å². The molecule has 0 aliphatic carbocycles. The maximum absolute atomic E-state index is 10.7. The average Bonchev–Trinajstić information content (AvgIpc) is 2.05. The number of nitrogens with two attached hydrogens (primary N) is 1. The van der Waals surface area contributed by atoms with Gasteiger partial charge in [-0.1, -0.05) is 48.8 Å². The van der Waals surface area contributed by atoms with E-state index in [2.05, 4.69) is 35.2 Å². The summed E-state index contributed by atoms with van der Waals surface area (Å²) >= 11 is 2.43. The Morgan fingerprint density at radius 1 is 1.29 bits per heavy atom. The number of carbonyl (C=O) groups excluding carboxylic acids is 1. The molecule has 1 amide bonds. The van der Waals surface area contributed by atoms with E-state index < -0.39 is 12.1 Å². The van der Waals surface area contributed by atoms with Crippen molar-refractivity contribution in [2.45, 2.75) is 38.8 Å². The van der Waals surface area contributed by atoms with Crippen LogP contribution in [0.3, 0.4) is 0 Å². The Bertz CT molecular complexity index is 146. The van der Waals surface area contributed by atoms with Crippen molar-refractivity contribution >= 4 is 28.5 Å². The molecule has 2 N–H and O–H groups in total. The van der Waals surface area contributed by atoms with Crippen molar-refractivity contribution < 1.29 is 18.0 Å². The zero-order chi connectivity index (χ0) is 11.6. The summed E-state index contributed by atoms with van der Waals surface area (Å²) < 4.78 is 33.4. The van der Waals surface area contributed by atoms with Crippen LogP contribution in [0.4, 0.5) is 13.2 Å². The molecule has 0 saturated heterocycles. The lowest BCUT2D eigenvalue weighted by atomic mass is 10.2. The summed E-state index contributed by atoms with van der Waals surface area (Å²) in [6, 6.07) is 0. The van der Waals surface area contributed by atoms with Gasteiger partial charge in [-0.05, 0) is 10.8 Å². The lowest BCUT2D eigenvalue weighted by Crippen LogP contribution is -2.30. The zero-order valence-corrected chi connectivity index (χ0v) is 10.2. The molecule has 0 heterocycles. The van der Waals surface area contributed by atoms with E-state index in [0.29, 0.717) is 0 Å². The first-order valence-electron chi connectivity index (χ1n) is 4.28. The molecule has 0 aliphatic rings. The fourth-order valence-electron chi connectivity index (χ4n) is 0.521. The topological polar surface area (TPSA) is 43.1 Å². The minimum Gasteiger partial charge on any atom is -0.362 e. The molecule has 0 bridgehead atoms. The molecule has 0 radical (unpaired) electrons. The molecule has 0 aromatic carbocycles. The first-order chi connectivity index (χ1) is 6.36. The van der Waals surface area contributed by atoms with Gasteiger partial charge in [0.2, 0.25) is 0 Å². The van der Waals surface area contributed by atoms with Crippen molar-refractivity contribution in [3.63, 3.8) is 0 Å². The second kappa shape index (κ2) is 9.54. The van der Waals surface area contributed by atoms with Crippen LogP contribution >= 0.6 is 22.6 Å². The summed E-state index contributed by atoms with van der Waals surface area (Å²) in [5, 5.41) is 0. The summed E-state index contributed by atoms with van der Waals surface area (Å²) in [5.41, 5.74) is 3.81. The zero-order valence-electron chi connectivity index (χ0n) is 8.03. The van der Waals surface area contributed by atoms with Crippen molar-refractivity contribution in [1.82, 2.24) is 0 Å². The average molecular weight is 325 g/mol. The number of carbonyl (C=O) groups is 1. The van der Waals surface area contributed by atoms with E-state index in [9.17, 15) is 13.2 Å². The van der Waals surface area contributed by atoms with E-state index >= 15 is 0 Å². The first-order valence-corrected chi connectivity index (χ1v) is 5.81. The van der Waals surface area contributed by atoms with Gasteiger partial charge in [-0.2, -0.15) is 13.2 Å². The van der Waals surface area contributed by atoms with Crippen LogP contribution in [0.2, 0.25) is 0 Å². The highest BCUT2D eigenvalue weighted by molar-refractivity contribution is 14.1. The Hall–Kier alpha value is -0.0100. The molecule has 0 aliphatic heterocycles. The minimum absolute atomic E-state index is 1.33. The Balaban J connectivity index is 0. The number of unbranched alkanes of at least 4 members (excludes halogenated alkanes) is 3. The molecule has 0 aromatic rings. The van der Waals surface area contributed by atoms with Gasteiger partial charge in [0.1, 0.15) is 0 Å². The van der Waals surface area contributed by atoms with Crippen LogP contribution in [0.1, 0.15) is 32.6 Å². The fourth-order valence-corrected chi connectivity index (χ4v) is 1.06. The number of primary amides is 1. The molecule has 0 spiro atoms. The van der Waals surface area contributed by atoms with Crippen molar-refractivity contribution in [2.75, 3.05) is 4.43 Å². The molecular weight excluding hydrogens is 310 g/mol. The van der Waals surface area contributed by atoms with Crippen LogP contribution < -0.4 is 5.73 Å². The highest BCUT2D eigenvalue weighted by Crippen LogP contribution is 2.11. The molecule has 14 heavy (non-hydrogen) atoms. The summed E-state index contributed by atoms with van der Waals surface area (Å²) in [4.78, 5) is 9.12. The molecule has 86 valence electrons. The Labute approximate surface area is 95.6 Å². The summed E-state index contributed by atoms with van der Waals surface area (Å²) in [6.45, 7) is 2.24. The van der Waals surface area contributed by atoms with E-state index in [1.807, 2.05) is 0 Å². The maximum Gasteiger partial charge on any atom is 0.470 e. The Morgan fingerprint density at radius 3 is 1.93 bits per heavy atom. The predicted molar refractivity (Wildman–Crippen MR) is 58.3 cm³/mol.